The molecule has 0 rings (SSSR count). The van der Waals surface area contributed by atoms with Gasteiger partial charge in [-0.25, -0.2) is 4.57 Å². The van der Waals surface area contributed by atoms with Crippen LogP contribution in [0.1, 0.15) is 19.8 Å². The summed E-state index contributed by atoms with van der Waals surface area (Å²) >= 11 is 22.1. The van der Waals surface area contributed by atoms with E-state index < -0.39 is 18.8 Å². The lowest BCUT2D eigenvalue weighted by atomic mass is 9.80. The highest BCUT2D eigenvalue weighted by Gasteiger charge is 2.42. The lowest BCUT2D eigenvalue weighted by molar-refractivity contribution is 0.0130. The Morgan fingerprint density at radius 3 is 2.00 bits per heavy atom. The molecule has 0 amide bonds. The van der Waals surface area contributed by atoms with E-state index in [0.29, 0.717) is 22.4 Å². The van der Waals surface area contributed by atoms with Crippen LogP contribution in [0.25, 0.3) is 0 Å². The van der Waals surface area contributed by atoms with E-state index in [2.05, 4.69) is 47.8 Å². The molecule has 0 aromatic carbocycles. The molecule has 0 spiro atoms. The summed E-state index contributed by atoms with van der Waals surface area (Å²) in [7, 11) is -4.62. The first-order valence-electron chi connectivity index (χ1n) is 5.69. The summed E-state index contributed by atoms with van der Waals surface area (Å²) in [5, 5.41) is 1.51. The molecule has 0 radical (unpaired) electrons. The molecule has 2 atom stereocenters. The normalized spacial score (nSPS) is 17.8. The van der Waals surface area contributed by atoms with Gasteiger partial charge in [0.2, 0.25) is 0 Å². The average Bonchev–Trinajstić information content (AvgIpc) is 2.33. The van der Waals surface area contributed by atoms with Gasteiger partial charge in [0.15, 0.2) is 0 Å². The van der Waals surface area contributed by atoms with Gasteiger partial charge in [0.1, 0.15) is 0 Å². The molecular formula is C10H18Br3Cl2O4P. The lowest BCUT2D eigenvalue weighted by Gasteiger charge is -2.39. The SMILES string of the molecule is CC(CC(Cl)CCl)(CC(CBr)(CBr)CBr)OP(=O)(O)O. The smallest absolute Gasteiger partial charge is 0.303 e. The maximum Gasteiger partial charge on any atom is 0.470 e. The standard InChI is InChI=1S/C10H18Br3Cl2O4P/c1-9(2-8(15)3-14,19-20(16,17)18)4-10(5-11,6-12)7-13/h8H,2-7H2,1H3,(H2,16,17,18). The molecule has 20 heavy (non-hydrogen) atoms. The third-order valence-corrected chi connectivity index (χ3v) is 7.85. The number of phosphoric ester groups is 1. The van der Waals surface area contributed by atoms with Crippen LogP contribution in [0, 0.1) is 5.41 Å². The molecule has 0 saturated carbocycles. The molecule has 2 N–H and O–H groups in total. The Morgan fingerprint density at radius 2 is 1.70 bits per heavy atom. The van der Waals surface area contributed by atoms with E-state index in [-0.39, 0.29) is 17.7 Å². The Kier molecular flexibility index (Phi) is 10.4. The zero-order chi connectivity index (χ0) is 16.0. The largest absolute Gasteiger partial charge is 0.470 e. The summed E-state index contributed by atoms with van der Waals surface area (Å²) in [6.07, 6.45) is 0.658. The van der Waals surface area contributed by atoms with Gasteiger partial charge in [-0.05, 0) is 19.8 Å². The lowest BCUT2D eigenvalue weighted by Crippen LogP contribution is -2.41. The molecule has 10 heteroatoms. The Hall–Kier alpha value is 2.13. The van der Waals surface area contributed by atoms with E-state index in [1.54, 1.807) is 6.92 Å². The van der Waals surface area contributed by atoms with Gasteiger partial charge < -0.3 is 9.79 Å². The predicted molar refractivity (Wildman–Crippen MR) is 94.9 cm³/mol. The summed E-state index contributed by atoms with van der Waals surface area (Å²) in [5.41, 5.74) is -1.33. The van der Waals surface area contributed by atoms with Crippen molar-refractivity contribution in [3.05, 3.63) is 0 Å². The van der Waals surface area contributed by atoms with Crippen molar-refractivity contribution in [3.63, 3.8) is 0 Å². The van der Waals surface area contributed by atoms with Gasteiger partial charge in [-0.1, -0.05) is 47.8 Å². The van der Waals surface area contributed by atoms with Crippen molar-refractivity contribution < 1.29 is 18.9 Å². The van der Waals surface area contributed by atoms with Crippen molar-refractivity contribution in [2.75, 3.05) is 21.9 Å². The fourth-order valence-corrected chi connectivity index (χ4v) is 6.52. The monoisotopic (exact) mass is 540 g/mol. The van der Waals surface area contributed by atoms with Crippen molar-refractivity contribution in [1.29, 1.82) is 0 Å². The van der Waals surface area contributed by atoms with Crippen molar-refractivity contribution in [2.45, 2.75) is 30.7 Å². The average molecular weight is 544 g/mol. The molecule has 0 aliphatic carbocycles. The molecular weight excluding hydrogens is 526 g/mol. The van der Waals surface area contributed by atoms with Crippen molar-refractivity contribution in [1.82, 2.24) is 0 Å². The van der Waals surface area contributed by atoms with Crippen LogP contribution in [0.2, 0.25) is 0 Å². The topological polar surface area (TPSA) is 66.8 Å². The zero-order valence-corrected chi connectivity index (χ0v) is 18.0. The van der Waals surface area contributed by atoms with Crippen molar-refractivity contribution >= 4 is 78.8 Å². The number of hydrogen-bond acceptors (Lipinski definition) is 2. The maximum atomic E-state index is 11.2. The molecule has 0 aliphatic rings. The van der Waals surface area contributed by atoms with Crippen LogP contribution in [0.15, 0.2) is 0 Å². The Morgan fingerprint density at radius 1 is 1.25 bits per heavy atom. The highest BCUT2D eigenvalue weighted by atomic mass is 79.9. The van der Waals surface area contributed by atoms with Crippen LogP contribution in [-0.2, 0) is 9.09 Å². The Balaban J connectivity index is 5.25. The summed E-state index contributed by atoms with van der Waals surface area (Å²) < 4.78 is 16.2. The van der Waals surface area contributed by atoms with Gasteiger partial charge in [0.25, 0.3) is 0 Å². The Labute approximate surface area is 154 Å². The molecule has 0 aliphatic heterocycles. The molecule has 122 valence electrons. The summed E-state index contributed by atoms with van der Waals surface area (Å²) in [4.78, 5) is 18.3. The second-order valence-electron chi connectivity index (χ2n) is 5.07. The zero-order valence-electron chi connectivity index (χ0n) is 10.9. The number of phosphoric acid groups is 1. The Bertz CT molecular complexity index is 332. The summed E-state index contributed by atoms with van der Waals surface area (Å²) in [6.45, 7) is 1.65. The number of halogens is 5. The fourth-order valence-electron chi connectivity index (χ4n) is 1.99. The highest BCUT2D eigenvalue weighted by molar-refractivity contribution is 9.10. The van der Waals surface area contributed by atoms with E-state index in [4.69, 9.17) is 37.5 Å². The molecule has 0 heterocycles. The first-order chi connectivity index (χ1) is 9.05. The number of alkyl halides is 5. The van der Waals surface area contributed by atoms with Crippen LogP contribution in [0.3, 0.4) is 0 Å². The predicted octanol–water partition coefficient (Wildman–Crippen LogP) is 4.65. The van der Waals surface area contributed by atoms with Gasteiger partial charge in [0.05, 0.1) is 5.60 Å². The molecule has 0 fully saturated rings. The van der Waals surface area contributed by atoms with Crippen LogP contribution < -0.4 is 0 Å². The highest BCUT2D eigenvalue weighted by Crippen LogP contribution is 2.48. The van der Waals surface area contributed by atoms with Crippen molar-refractivity contribution in [2.24, 2.45) is 5.41 Å². The van der Waals surface area contributed by atoms with Gasteiger partial charge in [0, 0.05) is 32.7 Å². The third-order valence-electron chi connectivity index (χ3n) is 2.76. The first kappa shape index (κ1) is 22.1. The third kappa shape index (κ3) is 8.11. The molecule has 4 nitrogen and oxygen atoms in total. The minimum Gasteiger partial charge on any atom is -0.303 e. The molecule has 2 unspecified atom stereocenters. The number of rotatable bonds is 10. The van der Waals surface area contributed by atoms with E-state index in [1.165, 1.54) is 0 Å². The molecule has 0 aromatic rings. The second kappa shape index (κ2) is 9.43. The minimum absolute atomic E-state index is 0.186. The van der Waals surface area contributed by atoms with Crippen LogP contribution in [0.5, 0.6) is 0 Å². The quantitative estimate of drug-likeness (QED) is 0.311. The van der Waals surface area contributed by atoms with Gasteiger partial charge >= 0.3 is 7.82 Å². The maximum absolute atomic E-state index is 11.2. The fraction of sp³-hybridized carbons (Fsp3) is 1.00. The van der Waals surface area contributed by atoms with Crippen LogP contribution in [-0.4, -0.2) is 42.6 Å². The molecule has 0 aromatic heterocycles. The van der Waals surface area contributed by atoms with Gasteiger partial charge in [-0.2, -0.15) is 0 Å². The second-order valence-corrected chi connectivity index (χ2v) is 8.84. The van der Waals surface area contributed by atoms with Gasteiger partial charge in [-0.3, -0.25) is 4.52 Å². The minimum atomic E-state index is -4.62. The van der Waals surface area contributed by atoms with E-state index in [1.807, 2.05) is 0 Å². The van der Waals surface area contributed by atoms with Crippen molar-refractivity contribution in [3.8, 4) is 0 Å². The van der Waals surface area contributed by atoms with Gasteiger partial charge in [-0.15, -0.1) is 23.2 Å². The van der Waals surface area contributed by atoms with Crippen LogP contribution >= 0.6 is 78.8 Å². The first-order valence-corrected chi connectivity index (χ1v) is 11.6. The van der Waals surface area contributed by atoms with Crippen LogP contribution in [0.4, 0.5) is 0 Å². The number of hydrogen-bond donors (Lipinski definition) is 2. The van der Waals surface area contributed by atoms with E-state index >= 15 is 0 Å². The molecule has 0 saturated heterocycles. The summed E-state index contributed by atoms with van der Waals surface area (Å²) in [5.74, 6) is 0.186. The summed E-state index contributed by atoms with van der Waals surface area (Å²) in [6, 6.07) is 0. The van der Waals surface area contributed by atoms with E-state index in [9.17, 15) is 4.57 Å². The van der Waals surface area contributed by atoms with E-state index in [0.717, 1.165) is 0 Å². The molecule has 0 bridgehead atoms.